The molecule has 0 aromatic heterocycles. The van der Waals surface area contributed by atoms with Crippen LogP contribution in [0.2, 0.25) is 5.02 Å². The summed E-state index contributed by atoms with van der Waals surface area (Å²) in [5.41, 5.74) is 3.93. The van der Waals surface area contributed by atoms with Crippen molar-refractivity contribution >= 4 is 34.2 Å². The number of ether oxygens (including phenoxy) is 3. The Morgan fingerprint density at radius 3 is 2.54 bits per heavy atom. The molecule has 4 heterocycles. The molecule has 2 saturated heterocycles. The number of carbonyl (C=O) groups excluding carboxylic acids is 1. The number of carbonyl (C=O) groups is 1. The van der Waals surface area contributed by atoms with Crippen LogP contribution < -0.4 is 14.4 Å². The number of rotatable bonds is 1. The molecule has 1 spiro atoms. The number of fused-ring (bicyclic) bond motifs is 5. The minimum atomic E-state index is -1.50. The smallest absolute Gasteiger partial charge is 0.263 e. The predicted octanol–water partition coefficient (Wildman–Crippen LogP) is 6.11. The standard InChI is InChI=1S/C38H50ClN3O5S/c1-23-6-4-8-30(37-46-34-19-41(3)20-35(34)47-37)29-12-9-27(29)18-42-21-38(15-5-7-25-16-28(39)11-13-31(25)38)22-45-33-14-10-26(17-32(33)42)36(43)40-48(44)24(23)2/h10-11,13-14,16-17,23-24,27,29-30,34-35,37H,4-9,12,15,18-22H2,1-3H3,(H,40,43)/t23?,24?,27?,29?,30?,34?,35?,37?,38-,48?/m0/s1. The van der Waals surface area contributed by atoms with Gasteiger partial charge < -0.3 is 24.0 Å². The Kier molecular flexibility index (Phi) is 9.06. The van der Waals surface area contributed by atoms with E-state index >= 15 is 0 Å². The van der Waals surface area contributed by atoms with Crippen LogP contribution in [-0.2, 0) is 32.3 Å². The molecule has 0 radical (unpaired) electrons. The molecule has 9 atom stereocenters. The molecular formula is C38H50ClN3O5S. The van der Waals surface area contributed by atoms with Gasteiger partial charge in [-0.2, -0.15) is 0 Å². The van der Waals surface area contributed by atoms with E-state index < -0.39 is 11.0 Å². The maximum atomic E-state index is 13.5. The highest BCUT2D eigenvalue weighted by molar-refractivity contribution is 7.84. The Morgan fingerprint density at radius 1 is 0.958 bits per heavy atom. The van der Waals surface area contributed by atoms with Crippen LogP contribution in [0.15, 0.2) is 36.4 Å². The van der Waals surface area contributed by atoms with Crippen LogP contribution in [-0.4, -0.2) is 78.6 Å². The molecule has 48 heavy (non-hydrogen) atoms. The summed E-state index contributed by atoms with van der Waals surface area (Å²) >= 11 is 6.49. The number of hydrogen-bond donors (Lipinski definition) is 1. The van der Waals surface area contributed by atoms with E-state index in [9.17, 15) is 9.00 Å². The molecule has 6 aliphatic rings. The number of halogens is 1. The van der Waals surface area contributed by atoms with E-state index in [1.165, 1.54) is 24.0 Å². The summed E-state index contributed by atoms with van der Waals surface area (Å²) in [5, 5.41) is 0.618. The summed E-state index contributed by atoms with van der Waals surface area (Å²) < 4.78 is 36.4. The number of benzene rings is 2. The predicted molar refractivity (Wildman–Crippen MR) is 189 cm³/mol. The van der Waals surface area contributed by atoms with Crippen molar-refractivity contribution < 1.29 is 23.2 Å². The SMILES string of the molecule is CC1CCCC(C2OC3CN(C)CC3O2)C2CCC2CN2C[C@@]3(CCCc4cc(Cl)ccc43)COc3ccc(cc32)C(=O)NS(=O)C1C. The number of aryl methyl sites for hydroxylation is 1. The Balaban J connectivity index is 1.16. The van der Waals surface area contributed by atoms with Gasteiger partial charge in [-0.25, -0.2) is 4.21 Å². The Morgan fingerprint density at radius 2 is 1.77 bits per heavy atom. The van der Waals surface area contributed by atoms with Gasteiger partial charge in [0, 0.05) is 48.1 Å². The van der Waals surface area contributed by atoms with Gasteiger partial charge >= 0.3 is 0 Å². The Hall–Kier alpha value is -2.17. The quantitative estimate of drug-likeness (QED) is 0.386. The highest BCUT2D eigenvalue weighted by atomic mass is 35.5. The second kappa shape index (κ2) is 13.2. The number of likely N-dealkylation sites (tertiary alicyclic amines) is 1. The highest BCUT2D eigenvalue weighted by Crippen LogP contribution is 2.50. The summed E-state index contributed by atoms with van der Waals surface area (Å²) in [6.07, 6.45) is 8.61. The van der Waals surface area contributed by atoms with Gasteiger partial charge in [-0.15, -0.1) is 0 Å². The number of hydrogen-bond acceptors (Lipinski definition) is 7. The molecule has 1 N–H and O–H groups in total. The topological polar surface area (TPSA) is 80.3 Å². The van der Waals surface area contributed by atoms with Gasteiger partial charge in [-0.1, -0.05) is 31.0 Å². The molecule has 2 aromatic carbocycles. The third-order valence-corrected chi connectivity index (χ3v) is 14.4. The molecule has 2 aromatic rings. The van der Waals surface area contributed by atoms with Crippen LogP contribution in [0.25, 0.3) is 0 Å². The molecule has 8 unspecified atom stereocenters. The van der Waals surface area contributed by atoms with Gasteiger partial charge in [0.1, 0.15) is 28.9 Å². The molecule has 8 rings (SSSR count). The molecule has 3 fully saturated rings. The summed E-state index contributed by atoms with van der Waals surface area (Å²) in [5.74, 6) is 2.01. The first-order chi connectivity index (χ1) is 23.2. The third kappa shape index (κ3) is 6.10. The van der Waals surface area contributed by atoms with Crippen molar-refractivity contribution in [1.82, 2.24) is 9.62 Å². The number of amides is 1. The van der Waals surface area contributed by atoms with Crippen LogP contribution in [0.4, 0.5) is 5.69 Å². The molecule has 8 nitrogen and oxygen atoms in total. The van der Waals surface area contributed by atoms with E-state index in [1.54, 1.807) is 0 Å². The fraction of sp³-hybridized carbons (Fsp3) is 0.658. The number of nitrogens with one attached hydrogen (secondary N) is 1. The van der Waals surface area contributed by atoms with Gasteiger partial charge in [0.05, 0.1) is 17.5 Å². The monoisotopic (exact) mass is 695 g/mol. The Bertz CT molecular complexity index is 1560. The van der Waals surface area contributed by atoms with Gasteiger partial charge in [-0.05, 0) is 118 Å². The molecule has 10 heteroatoms. The van der Waals surface area contributed by atoms with E-state index in [4.69, 9.17) is 25.8 Å². The lowest BCUT2D eigenvalue weighted by atomic mass is 9.64. The average molecular weight is 696 g/mol. The lowest BCUT2D eigenvalue weighted by Crippen LogP contribution is -2.50. The molecule has 260 valence electrons. The maximum Gasteiger partial charge on any atom is 0.263 e. The zero-order valence-electron chi connectivity index (χ0n) is 28.5. The lowest BCUT2D eigenvalue weighted by molar-refractivity contribution is -0.146. The third-order valence-electron chi connectivity index (χ3n) is 12.7. The second-order valence-electron chi connectivity index (χ2n) is 15.7. The minimum Gasteiger partial charge on any atom is -0.490 e. The average Bonchev–Trinajstić information content (AvgIpc) is 3.56. The zero-order chi connectivity index (χ0) is 33.2. The molecule has 4 aliphatic heterocycles. The van der Waals surface area contributed by atoms with E-state index in [2.05, 4.69) is 40.6 Å². The van der Waals surface area contributed by atoms with Crippen molar-refractivity contribution in [2.45, 2.75) is 94.4 Å². The lowest BCUT2D eigenvalue weighted by Gasteiger charge is -2.47. The van der Waals surface area contributed by atoms with Crippen LogP contribution in [0.3, 0.4) is 0 Å². The number of anilines is 1. The van der Waals surface area contributed by atoms with Crippen molar-refractivity contribution in [3.05, 3.63) is 58.1 Å². The largest absolute Gasteiger partial charge is 0.490 e. The summed E-state index contributed by atoms with van der Waals surface area (Å²) in [4.78, 5) is 18.4. The summed E-state index contributed by atoms with van der Waals surface area (Å²) in [7, 11) is 0.646. The molecular weight excluding hydrogens is 646 g/mol. The number of nitrogens with zero attached hydrogens (tertiary/aromatic N) is 2. The molecule has 1 amide bonds. The van der Waals surface area contributed by atoms with Crippen LogP contribution >= 0.6 is 11.6 Å². The van der Waals surface area contributed by atoms with E-state index in [-0.39, 0.29) is 41.0 Å². The first kappa shape index (κ1) is 33.0. The molecule has 1 saturated carbocycles. The highest BCUT2D eigenvalue weighted by Gasteiger charge is 2.50. The van der Waals surface area contributed by atoms with E-state index in [1.807, 2.05) is 31.2 Å². The fourth-order valence-electron chi connectivity index (χ4n) is 9.60. The zero-order valence-corrected chi connectivity index (χ0v) is 30.1. The fourth-order valence-corrected chi connectivity index (χ4v) is 10.8. The van der Waals surface area contributed by atoms with Gasteiger partial charge in [0.15, 0.2) is 6.29 Å². The molecule has 2 bridgehead atoms. The van der Waals surface area contributed by atoms with Crippen molar-refractivity contribution in [1.29, 1.82) is 0 Å². The van der Waals surface area contributed by atoms with Gasteiger partial charge in [-0.3, -0.25) is 9.52 Å². The van der Waals surface area contributed by atoms with Crippen molar-refractivity contribution in [2.24, 2.45) is 23.7 Å². The first-order valence-corrected chi connectivity index (χ1v) is 19.8. The molecule has 2 aliphatic carbocycles. The van der Waals surface area contributed by atoms with Crippen molar-refractivity contribution in [3.63, 3.8) is 0 Å². The van der Waals surface area contributed by atoms with E-state index in [0.29, 0.717) is 29.9 Å². The second-order valence-corrected chi connectivity index (χ2v) is 17.7. The summed E-state index contributed by atoms with van der Waals surface area (Å²) in [6, 6.07) is 12.1. The minimum absolute atomic E-state index is 0.150. The summed E-state index contributed by atoms with van der Waals surface area (Å²) in [6.45, 7) is 8.27. The van der Waals surface area contributed by atoms with Gasteiger partial charge in [0.25, 0.3) is 5.91 Å². The van der Waals surface area contributed by atoms with Gasteiger partial charge in [0.2, 0.25) is 0 Å². The van der Waals surface area contributed by atoms with Crippen LogP contribution in [0.5, 0.6) is 5.75 Å². The normalized spacial score (nSPS) is 38.6. The maximum absolute atomic E-state index is 13.5. The first-order valence-electron chi connectivity index (χ1n) is 18.2. The van der Waals surface area contributed by atoms with Crippen molar-refractivity contribution in [2.75, 3.05) is 44.7 Å². The van der Waals surface area contributed by atoms with Crippen LogP contribution in [0.1, 0.15) is 80.3 Å². The number of likely N-dealkylation sites (N-methyl/N-ethyl adjacent to an activating group) is 1. The van der Waals surface area contributed by atoms with Crippen LogP contribution in [0, 0.1) is 23.7 Å². The van der Waals surface area contributed by atoms with E-state index in [0.717, 1.165) is 81.2 Å². The van der Waals surface area contributed by atoms with Crippen molar-refractivity contribution in [3.8, 4) is 5.75 Å². The Labute approximate surface area is 292 Å².